The first-order valence-electron chi connectivity index (χ1n) is 6.43. The molecule has 17 heavy (non-hydrogen) atoms. The Morgan fingerprint density at radius 3 is 3.06 bits per heavy atom. The summed E-state index contributed by atoms with van der Waals surface area (Å²) >= 11 is 0. The van der Waals surface area contributed by atoms with Gasteiger partial charge >= 0.3 is 0 Å². The second-order valence-corrected chi connectivity index (χ2v) is 4.81. The molecule has 0 atom stereocenters. The summed E-state index contributed by atoms with van der Waals surface area (Å²) in [5.41, 5.74) is 2.11. The molecular formula is C13H18N4. The number of hydrogen-bond donors (Lipinski definition) is 1. The van der Waals surface area contributed by atoms with Gasteiger partial charge in [-0.15, -0.1) is 0 Å². The van der Waals surface area contributed by atoms with Crippen LogP contribution in [0.15, 0.2) is 24.7 Å². The summed E-state index contributed by atoms with van der Waals surface area (Å²) in [4.78, 5) is 4.37. The molecule has 1 aliphatic carbocycles. The third kappa shape index (κ3) is 2.47. The van der Waals surface area contributed by atoms with Crippen molar-refractivity contribution >= 4 is 5.65 Å². The molecule has 90 valence electrons. The lowest BCUT2D eigenvalue weighted by Crippen LogP contribution is -2.30. The van der Waals surface area contributed by atoms with Crippen molar-refractivity contribution in [1.82, 2.24) is 19.9 Å². The summed E-state index contributed by atoms with van der Waals surface area (Å²) in [6.07, 6.45) is 12.5. The molecule has 2 aromatic heterocycles. The second-order valence-electron chi connectivity index (χ2n) is 4.81. The first-order valence-corrected chi connectivity index (χ1v) is 6.43. The standard InChI is InChI=1S/C13H18N4/c1-2-4-12(5-3-1)14-8-11-9-15-13-6-7-16-17(13)10-11/h6-7,9-10,12,14H,1-5,8H2. The number of nitrogens with zero attached hydrogens (tertiary/aromatic N) is 3. The van der Waals surface area contributed by atoms with Gasteiger partial charge in [0.1, 0.15) is 0 Å². The van der Waals surface area contributed by atoms with Gasteiger partial charge in [-0.25, -0.2) is 9.50 Å². The van der Waals surface area contributed by atoms with Crippen LogP contribution in [0.2, 0.25) is 0 Å². The van der Waals surface area contributed by atoms with E-state index in [0.717, 1.165) is 12.2 Å². The molecule has 3 rings (SSSR count). The number of nitrogens with one attached hydrogen (secondary N) is 1. The summed E-state index contributed by atoms with van der Waals surface area (Å²) < 4.78 is 1.83. The predicted molar refractivity (Wildman–Crippen MR) is 66.7 cm³/mol. The van der Waals surface area contributed by atoms with E-state index in [-0.39, 0.29) is 0 Å². The molecule has 0 spiro atoms. The highest BCUT2D eigenvalue weighted by Crippen LogP contribution is 2.17. The first kappa shape index (κ1) is 10.7. The van der Waals surface area contributed by atoms with Crippen LogP contribution in [-0.2, 0) is 6.54 Å². The highest BCUT2D eigenvalue weighted by atomic mass is 15.2. The van der Waals surface area contributed by atoms with Crippen molar-refractivity contribution in [2.75, 3.05) is 0 Å². The van der Waals surface area contributed by atoms with Crippen LogP contribution < -0.4 is 5.32 Å². The minimum absolute atomic E-state index is 0.692. The van der Waals surface area contributed by atoms with Crippen LogP contribution in [0, 0.1) is 0 Å². The van der Waals surface area contributed by atoms with Crippen molar-refractivity contribution in [2.45, 2.75) is 44.7 Å². The highest BCUT2D eigenvalue weighted by molar-refractivity contribution is 5.35. The van der Waals surface area contributed by atoms with Gasteiger partial charge in [0.25, 0.3) is 0 Å². The minimum atomic E-state index is 0.692. The quantitative estimate of drug-likeness (QED) is 0.878. The summed E-state index contributed by atoms with van der Waals surface area (Å²) in [7, 11) is 0. The normalized spacial score (nSPS) is 17.6. The smallest absolute Gasteiger partial charge is 0.154 e. The molecule has 0 amide bonds. The van der Waals surface area contributed by atoms with Gasteiger partial charge in [-0.3, -0.25) is 0 Å². The van der Waals surface area contributed by atoms with E-state index in [4.69, 9.17) is 0 Å². The van der Waals surface area contributed by atoms with Gasteiger partial charge in [-0.05, 0) is 12.8 Å². The Labute approximate surface area is 101 Å². The molecule has 1 saturated carbocycles. The van der Waals surface area contributed by atoms with Gasteiger partial charge in [-0.1, -0.05) is 19.3 Å². The lowest BCUT2D eigenvalue weighted by molar-refractivity contribution is 0.372. The number of aromatic nitrogens is 3. The lowest BCUT2D eigenvalue weighted by atomic mass is 9.95. The van der Waals surface area contributed by atoms with E-state index in [1.165, 1.54) is 37.7 Å². The Kier molecular flexibility index (Phi) is 3.05. The summed E-state index contributed by atoms with van der Waals surface area (Å²) in [6, 6.07) is 2.61. The zero-order valence-corrected chi connectivity index (χ0v) is 9.97. The van der Waals surface area contributed by atoms with E-state index < -0.39 is 0 Å². The SMILES string of the molecule is c1cc2ncc(CNC3CCCCC3)cn2n1. The number of fused-ring (bicyclic) bond motifs is 1. The van der Waals surface area contributed by atoms with Crippen molar-refractivity contribution in [3.05, 3.63) is 30.2 Å². The molecule has 0 aromatic carbocycles. The molecule has 2 heterocycles. The maximum atomic E-state index is 4.37. The summed E-state index contributed by atoms with van der Waals surface area (Å²) in [6.45, 7) is 0.896. The predicted octanol–water partition coefficient (Wildman–Crippen LogP) is 2.15. The Balaban J connectivity index is 1.63. The lowest BCUT2D eigenvalue weighted by Gasteiger charge is -2.22. The van der Waals surface area contributed by atoms with Crippen molar-refractivity contribution < 1.29 is 0 Å². The number of hydrogen-bond acceptors (Lipinski definition) is 3. The second kappa shape index (κ2) is 4.84. The Morgan fingerprint density at radius 1 is 1.29 bits per heavy atom. The Morgan fingerprint density at radius 2 is 2.18 bits per heavy atom. The maximum absolute atomic E-state index is 4.37. The fourth-order valence-corrected chi connectivity index (χ4v) is 2.51. The zero-order valence-electron chi connectivity index (χ0n) is 9.97. The molecule has 0 aliphatic heterocycles. The fourth-order valence-electron chi connectivity index (χ4n) is 2.51. The molecular weight excluding hydrogens is 212 g/mol. The molecule has 2 aromatic rings. The van der Waals surface area contributed by atoms with Gasteiger partial charge in [0.15, 0.2) is 5.65 Å². The van der Waals surface area contributed by atoms with Crippen LogP contribution in [0.25, 0.3) is 5.65 Å². The van der Waals surface area contributed by atoms with Crippen LogP contribution in [0.5, 0.6) is 0 Å². The molecule has 0 radical (unpaired) electrons. The first-order chi connectivity index (χ1) is 8.42. The van der Waals surface area contributed by atoms with Gasteiger partial charge in [0.05, 0.1) is 6.20 Å². The fraction of sp³-hybridized carbons (Fsp3) is 0.538. The van der Waals surface area contributed by atoms with Gasteiger partial charge in [0.2, 0.25) is 0 Å². The average Bonchev–Trinajstić information content (AvgIpc) is 2.85. The van der Waals surface area contributed by atoms with Crippen LogP contribution in [0.4, 0.5) is 0 Å². The third-order valence-corrected chi connectivity index (χ3v) is 3.50. The summed E-state index contributed by atoms with van der Waals surface area (Å²) in [5, 5.41) is 7.81. The molecule has 0 unspecified atom stereocenters. The van der Waals surface area contributed by atoms with E-state index in [1.807, 2.05) is 16.8 Å². The van der Waals surface area contributed by atoms with Gasteiger partial charge in [0, 0.05) is 36.6 Å². The molecule has 4 nitrogen and oxygen atoms in total. The molecule has 1 aliphatic rings. The van der Waals surface area contributed by atoms with Crippen molar-refractivity contribution in [2.24, 2.45) is 0 Å². The maximum Gasteiger partial charge on any atom is 0.154 e. The van der Waals surface area contributed by atoms with Crippen molar-refractivity contribution in [3.8, 4) is 0 Å². The number of rotatable bonds is 3. The zero-order chi connectivity index (χ0) is 11.5. The van der Waals surface area contributed by atoms with Crippen molar-refractivity contribution in [3.63, 3.8) is 0 Å². The van der Waals surface area contributed by atoms with Crippen LogP contribution in [0.1, 0.15) is 37.7 Å². The third-order valence-electron chi connectivity index (χ3n) is 3.50. The summed E-state index contributed by atoms with van der Waals surface area (Å²) in [5.74, 6) is 0. The molecule has 4 heteroatoms. The van der Waals surface area contributed by atoms with Gasteiger partial charge < -0.3 is 5.32 Å². The largest absolute Gasteiger partial charge is 0.310 e. The van der Waals surface area contributed by atoms with E-state index in [2.05, 4.69) is 21.6 Å². The van der Waals surface area contributed by atoms with Crippen LogP contribution in [0.3, 0.4) is 0 Å². The molecule has 0 saturated heterocycles. The minimum Gasteiger partial charge on any atom is -0.310 e. The van der Waals surface area contributed by atoms with Crippen molar-refractivity contribution in [1.29, 1.82) is 0 Å². The Bertz CT molecular complexity index is 485. The van der Waals surface area contributed by atoms with E-state index in [9.17, 15) is 0 Å². The molecule has 0 bridgehead atoms. The van der Waals surface area contributed by atoms with E-state index >= 15 is 0 Å². The Hall–Kier alpha value is -1.42. The van der Waals surface area contributed by atoms with E-state index in [0.29, 0.717) is 6.04 Å². The van der Waals surface area contributed by atoms with Crippen LogP contribution in [-0.4, -0.2) is 20.6 Å². The monoisotopic (exact) mass is 230 g/mol. The van der Waals surface area contributed by atoms with Crippen LogP contribution >= 0.6 is 0 Å². The van der Waals surface area contributed by atoms with Gasteiger partial charge in [-0.2, -0.15) is 5.10 Å². The molecule has 1 N–H and O–H groups in total. The topological polar surface area (TPSA) is 42.2 Å². The van der Waals surface area contributed by atoms with E-state index in [1.54, 1.807) is 6.20 Å². The average molecular weight is 230 g/mol. The molecule has 1 fully saturated rings. The highest BCUT2D eigenvalue weighted by Gasteiger charge is 2.12.